The molecule has 0 bridgehead atoms. The molecule has 1 atom stereocenters. The maximum absolute atomic E-state index is 11.3. The number of hydrogen-bond acceptors (Lipinski definition) is 3. The van der Waals surface area contributed by atoms with E-state index in [9.17, 15) is 4.79 Å². The molecule has 2 aromatic heterocycles. The van der Waals surface area contributed by atoms with Gasteiger partial charge in [-0.3, -0.25) is 14.9 Å². The molecule has 6 heteroatoms. The van der Waals surface area contributed by atoms with Gasteiger partial charge in [0.15, 0.2) is 0 Å². The first kappa shape index (κ1) is 23.1. The summed E-state index contributed by atoms with van der Waals surface area (Å²) in [5.74, 6) is -0.523. The number of carbonyl (C=O) groups excluding carboxylic acids is 1. The topological polar surface area (TPSA) is 84.2 Å². The normalized spacial score (nSPS) is 15.3. The number of benzene rings is 2. The summed E-state index contributed by atoms with van der Waals surface area (Å²) in [4.78, 5) is 20.8. The zero-order valence-corrected chi connectivity index (χ0v) is 20.1. The second-order valence-electron chi connectivity index (χ2n) is 9.29. The Hall–Kier alpha value is -3.61. The van der Waals surface area contributed by atoms with Crippen LogP contribution < -0.4 is 5.48 Å². The summed E-state index contributed by atoms with van der Waals surface area (Å²) >= 11 is 0. The Labute approximate surface area is 205 Å². The van der Waals surface area contributed by atoms with E-state index in [2.05, 4.69) is 82.7 Å². The summed E-state index contributed by atoms with van der Waals surface area (Å²) in [5, 5.41) is 10.0. The highest BCUT2D eigenvalue weighted by Gasteiger charge is 2.28. The first-order valence-electron chi connectivity index (χ1n) is 12.3. The SMILES string of the molecule is CCc1cc(CN(CCc2c[nH]c3ccccc23)C2CCc3cc(/C=C/C(=O)NO)ccc32)c[nH]1. The Kier molecular flexibility index (Phi) is 6.84. The fraction of sp³-hybridized carbons (Fsp3) is 0.276. The number of nitrogens with zero attached hydrogens (tertiary/aromatic N) is 1. The smallest absolute Gasteiger partial charge is 0.267 e. The molecule has 4 aromatic rings. The van der Waals surface area contributed by atoms with E-state index >= 15 is 0 Å². The Morgan fingerprint density at radius 3 is 2.89 bits per heavy atom. The molecule has 5 rings (SSSR count). The van der Waals surface area contributed by atoms with Crippen LogP contribution in [0.15, 0.2) is 67.0 Å². The van der Waals surface area contributed by atoms with E-state index < -0.39 is 5.91 Å². The number of aromatic nitrogens is 2. The molecule has 0 radical (unpaired) electrons. The quantitative estimate of drug-likeness (QED) is 0.153. The molecule has 0 aliphatic heterocycles. The molecule has 2 heterocycles. The lowest BCUT2D eigenvalue weighted by molar-refractivity contribution is -0.124. The van der Waals surface area contributed by atoms with Crippen molar-refractivity contribution in [3.63, 3.8) is 0 Å². The molecule has 1 amide bonds. The fourth-order valence-electron chi connectivity index (χ4n) is 5.28. The molecule has 2 aromatic carbocycles. The van der Waals surface area contributed by atoms with Crippen LogP contribution in [0, 0.1) is 0 Å². The second kappa shape index (κ2) is 10.3. The van der Waals surface area contributed by atoms with Gasteiger partial charge in [-0.2, -0.15) is 0 Å². The van der Waals surface area contributed by atoms with Gasteiger partial charge in [0.2, 0.25) is 0 Å². The van der Waals surface area contributed by atoms with Crippen molar-refractivity contribution in [1.82, 2.24) is 20.3 Å². The van der Waals surface area contributed by atoms with Crippen LogP contribution in [0.5, 0.6) is 0 Å². The maximum Gasteiger partial charge on any atom is 0.267 e. The molecule has 35 heavy (non-hydrogen) atoms. The van der Waals surface area contributed by atoms with Crippen molar-refractivity contribution in [2.24, 2.45) is 0 Å². The highest BCUT2D eigenvalue weighted by Crippen LogP contribution is 2.37. The van der Waals surface area contributed by atoms with Crippen LogP contribution in [0.4, 0.5) is 0 Å². The van der Waals surface area contributed by atoms with Gasteiger partial charge < -0.3 is 9.97 Å². The average molecular weight is 469 g/mol. The van der Waals surface area contributed by atoms with E-state index in [1.807, 2.05) is 0 Å². The first-order valence-corrected chi connectivity index (χ1v) is 12.3. The van der Waals surface area contributed by atoms with Crippen LogP contribution in [0.25, 0.3) is 17.0 Å². The van der Waals surface area contributed by atoms with Crippen LogP contribution in [0.1, 0.15) is 52.9 Å². The Bertz CT molecular complexity index is 1350. The average Bonchev–Trinajstić information content (AvgIpc) is 3.63. The third-order valence-electron chi connectivity index (χ3n) is 7.10. The maximum atomic E-state index is 11.3. The van der Waals surface area contributed by atoms with Gasteiger partial charge in [0, 0.05) is 54.2 Å². The van der Waals surface area contributed by atoms with E-state index in [1.165, 1.54) is 44.9 Å². The van der Waals surface area contributed by atoms with Crippen LogP contribution >= 0.6 is 0 Å². The number of fused-ring (bicyclic) bond motifs is 2. The molecule has 1 aliphatic rings. The molecule has 1 aliphatic carbocycles. The van der Waals surface area contributed by atoms with Crippen molar-refractivity contribution in [2.75, 3.05) is 6.54 Å². The van der Waals surface area contributed by atoms with E-state index in [-0.39, 0.29) is 0 Å². The molecule has 0 saturated heterocycles. The van der Waals surface area contributed by atoms with E-state index in [4.69, 9.17) is 5.21 Å². The minimum absolute atomic E-state index is 0.356. The number of amides is 1. The second-order valence-corrected chi connectivity index (χ2v) is 9.29. The number of aromatic amines is 2. The van der Waals surface area contributed by atoms with Crippen LogP contribution in [0.2, 0.25) is 0 Å². The van der Waals surface area contributed by atoms with Crippen molar-refractivity contribution in [3.8, 4) is 0 Å². The number of H-pyrrole nitrogens is 2. The van der Waals surface area contributed by atoms with E-state index in [1.54, 1.807) is 11.6 Å². The summed E-state index contributed by atoms with van der Waals surface area (Å²) in [6.45, 7) is 4.05. The Morgan fingerprint density at radius 2 is 2.06 bits per heavy atom. The van der Waals surface area contributed by atoms with Gasteiger partial charge in [0.05, 0.1) is 0 Å². The molecule has 1 unspecified atom stereocenters. The lowest BCUT2D eigenvalue weighted by Crippen LogP contribution is -2.29. The van der Waals surface area contributed by atoms with Gasteiger partial charge in [-0.05, 0) is 71.7 Å². The standard InChI is InChI=1S/C29H32N4O2/c1-2-24-16-21(17-30-24)19-33(14-13-23-18-31-27-6-4-3-5-25(23)27)28-11-9-22-15-20(7-10-26(22)28)8-12-29(34)32-35/h3-8,10,12,15-18,28,30-31,35H,2,9,11,13-14,19H2,1H3,(H,32,34)/b12-8+. The molecule has 0 fully saturated rings. The lowest BCUT2D eigenvalue weighted by Gasteiger charge is -2.29. The number of aryl methyl sites for hydroxylation is 2. The minimum atomic E-state index is -0.523. The third kappa shape index (κ3) is 5.09. The summed E-state index contributed by atoms with van der Waals surface area (Å²) in [5.41, 5.74) is 10.5. The monoisotopic (exact) mass is 468 g/mol. The molecule has 4 N–H and O–H groups in total. The predicted octanol–water partition coefficient (Wildman–Crippen LogP) is 5.31. The number of carbonyl (C=O) groups is 1. The highest BCUT2D eigenvalue weighted by molar-refractivity contribution is 5.90. The summed E-state index contributed by atoms with van der Waals surface area (Å²) < 4.78 is 0. The molecular weight excluding hydrogens is 436 g/mol. The third-order valence-corrected chi connectivity index (χ3v) is 7.10. The molecule has 0 spiro atoms. The lowest BCUT2D eigenvalue weighted by atomic mass is 10.0. The summed E-state index contributed by atoms with van der Waals surface area (Å²) in [6.07, 6.45) is 11.5. The molecule has 0 saturated carbocycles. The van der Waals surface area contributed by atoms with Crippen LogP contribution in [0.3, 0.4) is 0 Å². The number of nitrogens with one attached hydrogen (secondary N) is 3. The zero-order valence-electron chi connectivity index (χ0n) is 20.1. The minimum Gasteiger partial charge on any atom is -0.365 e. The Balaban J connectivity index is 1.39. The molecule has 180 valence electrons. The van der Waals surface area contributed by atoms with Gasteiger partial charge >= 0.3 is 0 Å². The van der Waals surface area contributed by atoms with Crippen molar-refractivity contribution in [1.29, 1.82) is 0 Å². The largest absolute Gasteiger partial charge is 0.365 e. The zero-order chi connectivity index (χ0) is 24.2. The summed E-state index contributed by atoms with van der Waals surface area (Å²) in [7, 11) is 0. The van der Waals surface area contributed by atoms with E-state index in [0.717, 1.165) is 44.3 Å². The van der Waals surface area contributed by atoms with Gasteiger partial charge in [-0.1, -0.05) is 43.3 Å². The number of hydroxylamine groups is 1. The van der Waals surface area contributed by atoms with Gasteiger partial charge in [-0.15, -0.1) is 0 Å². The predicted molar refractivity (Wildman–Crippen MR) is 139 cm³/mol. The van der Waals surface area contributed by atoms with Crippen LogP contribution in [-0.2, 0) is 30.6 Å². The number of para-hydroxylation sites is 1. The van der Waals surface area contributed by atoms with Crippen molar-refractivity contribution >= 4 is 22.9 Å². The van der Waals surface area contributed by atoms with Crippen molar-refractivity contribution < 1.29 is 10.0 Å². The van der Waals surface area contributed by atoms with Gasteiger partial charge in [0.1, 0.15) is 0 Å². The molecule has 6 nitrogen and oxygen atoms in total. The van der Waals surface area contributed by atoms with Gasteiger partial charge in [-0.25, -0.2) is 5.48 Å². The van der Waals surface area contributed by atoms with Crippen molar-refractivity contribution in [2.45, 2.75) is 45.2 Å². The fourth-order valence-corrected chi connectivity index (χ4v) is 5.28. The van der Waals surface area contributed by atoms with Crippen LogP contribution in [-0.4, -0.2) is 32.5 Å². The van der Waals surface area contributed by atoms with E-state index in [0.29, 0.717) is 6.04 Å². The summed E-state index contributed by atoms with van der Waals surface area (Å²) in [6, 6.07) is 17.6. The molecular formula is C29H32N4O2. The Morgan fingerprint density at radius 1 is 1.17 bits per heavy atom. The van der Waals surface area contributed by atoms with Crippen molar-refractivity contribution in [3.05, 3.63) is 101 Å². The number of hydrogen-bond donors (Lipinski definition) is 4. The highest BCUT2D eigenvalue weighted by atomic mass is 16.5. The van der Waals surface area contributed by atoms with Gasteiger partial charge in [0.25, 0.3) is 5.91 Å². The number of rotatable bonds is 9. The first-order chi connectivity index (χ1) is 17.1.